The van der Waals surface area contributed by atoms with Crippen molar-refractivity contribution in [1.29, 1.82) is 0 Å². The second-order valence-electron chi connectivity index (χ2n) is 5.10. The predicted molar refractivity (Wildman–Crippen MR) is 68.8 cm³/mol. The van der Waals surface area contributed by atoms with Gasteiger partial charge in [0.15, 0.2) is 0 Å². The van der Waals surface area contributed by atoms with Gasteiger partial charge in [-0.3, -0.25) is 0 Å². The Balaban J connectivity index is 0. The number of likely N-dealkylation sites (N-methyl/N-ethyl adjacent to an activating group) is 1. The van der Waals surface area contributed by atoms with E-state index in [1.54, 1.807) is 0 Å². The Hall–Kier alpha value is -0.320. The summed E-state index contributed by atoms with van der Waals surface area (Å²) in [4.78, 5) is 10.0. The second kappa shape index (κ2) is 10.8. The van der Waals surface area contributed by atoms with Crippen molar-refractivity contribution in [3.05, 3.63) is 0 Å². The van der Waals surface area contributed by atoms with Crippen LogP contribution in [0.1, 0.15) is 32.6 Å². The first-order chi connectivity index (χ1) is 7.72. The normalized spacial score (nSPS) is 12.6. The Labute approximate surface area is 110 Å². The number of unbranched alkanes of at least 4 members (excludes halogenated alkanes) is 2. The number of halogens is 1. The van der Waals surface area contributed by atoms with Crippen LogP contribution in [0.4, 0.5) is 0 Å². The molecule has 0 aromatic carbocycles. The maximum atomic E-state index is 10.0. The second-order valence-corrected chi connectivity index (χ2v) is 5.48. The van der Waals surface area contributed by atoms with Gasteiger partial charge in [-0.05, 0) is 6.42 Å². The van der Waals surface area contributed by atoms with Gasteiger partial charge < -0.3 is 19.5 Å². The lowest BCUT2D eigenvalue weighted by molar-refractivity contribution is -0.873. The molecule has 0 rings (SSSR count). The topological polar surface area (TPSA) is 60.4 Å². The number of aliphatic hydroxyl groups is 1. The van der Waals surface area contributed by atoms with Crippen LogP contribution in [0.25, 0.3) is 0 Å². The van der Waals surface area contributed by atoms with Crippen molar-refractivity contribution in [2.45, 2.75) is 38.7 Å². The summed E-state index contributed by atoms with van der Waals surface area (Å²) in [5.41, 5.74) is 0. The number of nitrogens with zero attached hydrogens (tertiary/aromatic N) is 1. The number of carbonyl (C=O) groups excluding carboxylic acids is 1. The fraction of sp³-hybridized carbons (Fsp3) is 0.917. The molecular formula is C12H26ClNO3. The van der Waals surface area contributed by atoms with Crippen molar-refractivity contribution in [3.63, 3.8) is 0 Å². The first-order valence-electron chi connectivity index (χ1n) is 5.97. The number of alkyl halides is 1. The van der Waals surface area contributed by atoms with Crippen molar-refractivity contribution in [2.75, 3.05) is 33.6 Å². The van der Waals surface area contributed by atoms with Gasteiger partial charge in [0, 0.05) is 18.3 Å². The van der Waals surface area contributed by atoms with Gasteiger partial charge in [-0.1, -0.05) is 19.8 Å². The van der Waals surface area contributed by atoms with Crippen molar-refractivity contribution >= 4 is 17.6 Å². The van der Waals surface area contributed by atoms with Crippen molar-refractivity contribution in [1.82, 2.24) is 0 Å². The van der Waals surface area contributed by atoms with Gasteiger partial charge in [0.1, 0.15) is 12.6 Å². The standard InChI is InChI=1S/C7H15NO3.C5H11Cl/c1-8(2,3)5-6(9)4-7(10)11;1-2-3-4-5-6/h6,9H,4-5H2,1-3H3;2-5H2,1H3/t6-;/m1./s1. The Kier molecular flexibility index (Phi) is 12.1. The van der Waals surface area contributed by atoms with Crippen LogP contribution < -0.4 is 5.11 Å². The zero-order chi connectivity index (χ0) is 13.9. The third kappa shape index (κ3) is 21.5. The molecule has 0 heterocycles. The van der Waals surface area contributed by atoms with Crippen molar-refractivity contribution in [2.24, 2.45) is 0 Å². The highest BCUT2D eigenvalue weighted by Gasteiger charge is 2.14. The van der Waals surface area contributed by atoms with Gasteiger partial charge in [0.05, 0.1) is 21.1 Å². The van der Waals surface area contributed by atoms with Crippen LogP contribution in [0.5, 0.6) is 0 Å². The molecule has 0 aliphatic rings. The van der Waals surface area contributed by atoms with Crippen LogP contribution in [-0.2, 0) is 4.79 Å². The number of quaternary nitrogens is 1. The maximum absolute atomic E-state index is 10.0. The molecule has 0 aromatic rings. The summed E-state index contributed by atoms with van der Waals surface area (Å²) in [6.45, 7) is 2.60. The number of rotatable bonds is 7. The molecule has 0 saturated carbocycles. The lowest BCUT2D eigenvalue weighted by Gasteiger charge is -2.26. The number of carbonyl (C=O) groups is 1. The highest BCUT2D eigenvalue weighted by Crippen LogP contribution is 1.97. The van der Waals surface area contributed by atoms with E-state index in [9.17, 15) is 9.90 Å². The summed E-state index contributed by atoms with van der Waals surface area (Å²) in [6.07, 6.45) is 2.64. The van der Waals surface area contributed by atoms with Gasteiger partial charge in [0.2, 0.25) is 0 Å². The molecule has 0 fully saturated rings. The van der Waals surface area contributed by atoms with Crippen LogP contribution in [0, 0.1) is 0 Å². The number of hydrogen-bond donors (Lipinski definition) is 1. The minimum absolute atomic E-state index is 0.282. The Morgan fingerprint density at radius 3 is 2.12 bits per heavy atom. The lowest BCUT2D eigenvalue weighted by atomic mass is 10.2. The number of carboxylic acids is 1. The minimum Gasteiger partial charge on any atom is -0.550 e. The van der Waals surface area contributed by atoms with E-state index >= 15 is 0 Å². The zero-order valence-electron chi connectivity index (χ0n) is 11.4. The van der Waals surface area contributed by atoms with E-state index in [0.717, 1.165) is 5.88 Å². The smallest absolute Gasteiger partial charge is 0.108 e. The fourth-order valence-electron chi connectivity index (χ4n) is 1.23. The van der Waals surface area contributed by atoms with Crippen LogP contribution in [0.3, 0.4) is 0 Å². The highest BCUT2D eigenvalue weighted by molar-refractivity contribution is 6.17. The van der Waals surface area contributed by atoms with Crippen LogP contribution in [0.2, 0.25) is 0 Å². The van der Waals surface area contributed by atoms with Crippen LogP contribution in [-0.4, -0.2) is 55.2 Å². The molecule has 0 amide bonds. The molecule has 0 bridgehead atoms. The Morgan fingerprint density at radius 1 is 1.35 bits per heavy atom. The molecular weight excluding hydrogens is 242 g/mol. The number of carboxylic acid groups (broad SMARTS) is 1. The van der Waals surface area contributed by atoms with Gasteiger partial charge in [0.25, 0.3) is 0 Å². The third-order valence-corrected chi connectivity index (χ3v) is 2.17. The summed E-state index contributed by atoms with van der Waals surface area (Å²) in [6, 6.07) is 0. The van der Waals surface area contributed by atoms with E-state index in [0.29, 0.717) is 11.0 Å². The molecule has 5 heteroatoms. The first-order valence-corrected chi connectivity index (χ1v) is 6.50. The van der Waals surface area contributed by atoms with E-state index in [1.807, 2.05) is 21.1 Å². The zero-order valence-corrected chi connectivity index (χ0v) is 12.2. The summed E-state index contributed by atoms with van der Waals surface area (Å²) in [5, 5.41) is 19.1. The molecule has 1 N–H and O–H groups in total. The van der Waals surface area contributed by atoms with Gasteiger partial charge in [-0.15, -0.1) is 11.6 Å². The molecule has 0 unspecified atom stereocenters. The molecule has 0 aromatic heterocycles. The quantitative estimate of drug-likeness (QED) is 0.418. The van der Waals surface area contributed by atoms with Crippen molar-refractivity contribution < 1.29 is 19.5 Å². The molecule has 0 radical (unpaired) electrons. The number of aliphatic carboxylic acids is 1. The first kappa shape index (κ1) is 19.0. The average Bonchev–Trinajstić information content (AvgIpc) is 2.11. The van der Waals surface area contributed by atoms with Crippen LogP contribution in [0.15, 0.2) is 0 Å². The SMILES string of the molecule is CCCCCCl.C[N+](C)(C)C[C@H](O)CC(=O)[O-]. The molecule has 1 atom stereocenters. The summed E-state index contributed by atoms with van der Waals surface area (Å²) in [7, 11) is 5.66. The van der Waals surface area contributed by atoms with E-state index in [-0.39, 0.29) is 6.42 Å². The third-order valence-electron chi connectivity index (χ3n) is 1.90. The molecule has 0 saturated heterocycles. The fourth-order valence-corrected chi connectivity index (χ4v) is 1.42. The van der Waals surface area contributed by atoms with E-state index in [2.05, 4.69) is 6.92 Å². The summed E-state index contributed by atoms with van der Waals surface area (Å²) in [5.74, 6) is -0.376. The summed E-state index contributed by atoms with van der Waals surface area (Å²) < 4.78 is 0.550. The summed E-state index contributed by atoms with van der Waals surface area (Å²) >= 11 is 5.38. The van der Waals surface area contributed by atoms with Crippen molar-refractivity contribution in [3.8, 4) is 0 Å². The monoisotopic (exact) mass is 267 g/mol. The van der Waals surface area contributed by atoms with Gasteiger partial charge in [-0.25, -0.2) is 0 Å². The minimum atomic E-state index is -1.20. The van der Waals surface area contributed by atoms with Crippen LogP contribution >= 0.6 is 11.6 Å². The molecule has 4 nitrogen and oxygen atoms in total. The molecule has 17 heavy (non-hydrogen) atoms. The Morgan fingerprint density at radius 2 is 1.88 bits per heavy atom. The molecule has 0 aliphatic heterocycles. The number of hydrogen-bond acceptors (Lipinski definition) is 3. The molecule has 0 spiro atoms. The lowest BCUT2D eigenvalue weighted by Crippen LogP contribution is -2.43. The Bertz CT molecular complexity index is 189. The van der Waals surface area contributed by atoms with Gasteiger partial charge in [-0.2, -0.15) is 0 Å². The molecule has 0 aliphatic carbocycles. The largest absolute Gasteiger partial charge is 0.550 e. The van der Waals surface area contributed by atoms with E-state index in [4.69, 9.17) is 16.7 Å². The van der Waals surface area contributed by atoms with E-state index < -0.39 is 12.1 Å². The highest BCUT2D eigenvalue weighted by atomic mass is 35.5. The predicted octanol–water partition coefficient (Wildman–Crippen LogP) is 0.609. The average molecular weight is 268 g/mol. The van der Waals surface area contributed by atoms with E-state index in [1.165, 1.54) is 19.3 Å². The maximum Gasteiger partial charge on any atom is 0.108 e. The number of aliphatic hydroxyl groups excluding tert-OH is 1. The van der Waals surface area contributed by atoms with Gasteiger partial charge >= 0.3 is 0 Å². The molecule has 104 valence electrons.